The minimum atomic E-state index is 0. The zero-order chi connectivity index (χ0) is 14.8. The quantitative estimate of drug-likeness (QED) is 0.433. The van der Waals surface area contributed by atoms with Crippen LogP contribution in [0.25, 0.3) is 0 Å². The normalized spacial score (nSPS) is 25.9. The van der Waals surface area contributed by atoms with Gasteiger partial charge in [0.2, 0.25) is 0 Å². The standard InChI is InChI=1S/C15H25N5S.HI/c1-10-7-20(12-4-5-12)8-13(10)19-15(16-3)17-6-14-18-11(2)9-21-14;/h9-10,12-13H,4-8H2,1-3H3,(H2,16,17,19);1H. The summed E-state index contributed by atoms with van der Waals surface area (Å²) >= 11 is 1.69. The summed E-state index contributed by atoms with van der Waals surface area (Å²) in [6.45, 7) is 7.46. The SMILES string of the molecule is CN=C(NCc1nc(C)cs1)NC1CN(C2CC2)CC1C.I. The van der Waals surface area contributed by atoms with Crippen molar-refractivity contribution >= 4 is 41.3 Å². The number of thiazole rings is 1. The minimum Gasteiger partial charge on any atom is -0.352 e. The van der Waals surface area contributed by atoms with Crippen LogP contribution in [0.3, 0.4) is 0 Å². The first kappa shape index (κ1) is 17.9. The highest BCUT2D eigenvalue weighted by molar-refractivity contribution is 14.0. The summed E-state index contributed by atoms with van der Waals surface area (Å²) in [6.07, 6.45) is 2.77. The predicted octanol–water partition coefficient (Wildman–Crippen LogP) is 2.22. The van der Waals surface area contributed by atoms with Crippen LogP contribution in [0.1, 0.15) is 30.5 Å². The first-order valence-electron chi connectivity index (χ1n) is 7.78. The molecule has 0 aromatic carbocycles. The molecule has 2 heterocycles. The van der Waals surface area contributed by atoms with E-state index >= 15 is 0 Å². The Morgan fingerprint density at radius 2 is 2.23 bits per heavy atom. The third kappa shape index (κ3) is 4.55. The average Bonchev–Trinajstić information content (AvgIpc) is 3.14. The van der Waals surface area contributed by atoms with E-state index in [1.807, 2.05) is 14.0 Å². The van der Waals surface area contributed by atoms with E-state index in [-0.39, 0.29) is 24.0 Å². The Labute approximate surface area is 154 Å². The van der Waals surface area contributed by atoms with Gasteiger partial charge in [-0.15, -0.1) is 35.3 Å². The summed E-state index contributed by atoms with van der Waals surface area (Å²) in [6, 6.07) is 1.35. The number of aromatic nitrogens is 1. The number of aliphatic imine (C=N–C) groups is 1. The summed E-state index contributed by atoms with van der Waals surface area (Å²) in [4.78, 5) is 11.4. The van der Waals surface area contributed by atoms with Crippen molar-refractivity contribution in [3.05, 3.63) is 16.1 Å². The van der Waals surface area contributed by atoms with E-state index in [1.54, 1.807) is 11.3 Å². The van der Waals surface area contributed by atoms with E-state index in [0.29, 0.717) is 12.0 Å². The van der Waals surface area contributed by atoms with Crippen molar-refractivity contribution in [2.24, 2.45) is 10.9 Å². The Morgan fingerprint density at radius 1 is 1.45 bits per heavy atom. The molecule has 22 heavy (non-hydrogen) atoms. The van der Waals surface area contributed by atoms with Crippen LogP contribution in [-0.2, 0) is 6.54 Å². The van der Waals surface area contributed by atoms with Crippen LogP contribution in [-0.4, -0.2) is 48.1 Å². The predicted molar refractivity (Wildman–Crippen MR) is 103 cm³/mol. The molecule has 1 aromatic heterocycles. The molecule has 1 aliphatic carbocycles. The molecule has 1 aliphatic heterocycles. The van der Waals surface area contributed by atoms with Gasteiger partial charge in [0.25, 0.3) is 0 Å². The van der Waals surface area contributed by atoms with Crippen LogP contribution in [0.15, 0.2) is 10.4 Å². The third-order valence-corrected chi connectivity index (χ3v) is 5.29. The molecule has 0 spiro atoms. The van der Waals surface area contributed by atoms with Gasteiger partial charge in [-0.3, -0.25) is 9.89 Å². The Kier molecular flexibility index (Phi) is 6.46. The van der Waals surface area contributed by atoms with Gasteiger partial charge in [-0.1, -0.05) is 6.92 Å². The van der Waals surface area contributed by atoms with Crippen LogP contribution in [0.2, 0.25) is 0 Å². The lowest BCUT2D eigenvalue weighted by molar-refractivity contribution is 0.315. The molecule has 2 N–H and O–H groups in total. The van der Waals surface area contributed by atoms with Crippen molar-refractivity contribution < 1.29 is 0 Å². The summed E-state index contributed by atoms with van der Waals surface area (Å²) in [5.41, 5.74) is 1.09. The summed E-state index contributed by atoms with van der Waals surface area (Å²) in [5, 5.41) is 10.1. The molecular weight excluding hydrogens is 409 g/mol. The Balaban J connectivity index is 0.00000176. The number of halogens is 1. The second-order valence-corrected chi connectivity index (χ2v) is 7.16. The van der Waals surface area contributed by atoms with Gasteiger partial charge in [0.1, 0.15) is 5.01 Å². The fourth-order valence-corrected chi connectivity index (χ4v) is 3.65. The van der Waals surface area contributed by atoms with E-state index in [1.165, 1.54) is 19.4 Å². The van der Waals surface area contributed by atoms with Gasteiger partial charge in [-0.05, 0) is 25.7 Å². The van der Waals surface area contributed by atoms with Crippen LogP contribution in [0, 0.1) is 12.8 Å². The molecule has 124 valence electrons. The largest absolute Gasteiger partial charge is 0.352 e. The maximum atomic E-state index is 4.47. The topological polar surface area (TPSA) is 52.6 Å². The molecule has 0 radical (unpaired) electrons. The van der Waals surface area contributed by atoms with Gasteiger partial charge < -0.3 is 10.6 Å². The Hall–Kier alpha value is -0.410. The van der Waals surface area contributed by atoms with E-state index < -0.39 is 0 Å². The number of rotatable bonds is 4. The zero-order valence-corrected chi connectivity index (χ0v) is 16.6. The van der Waals surface area contributed by atoms with Gasteiger partial charge in [0, 0.05) is 43.3 Å². The number of nitrogens with zero attached hydrogens (tertiary/aromatic N) is 3. The highest BCUT2D eigenvalue weighted by atomic mass is 127. The minimum absolute atomic E-state index is 0. The van der Waals surface area contributed by atoms with Crippen LogP contribution >= 0.6 is 35.3 Å². The lowest BCUT2D eigenvalue weighted by Gasteiger charge is -2.20. The zero-order valence-electron chi connectivity index (χ0n) is 13.5. The molecule has 2 atom stereocenters. The second-order valence-electron chi connectivity index (χ2n) is 6.22. The maximum Gasteiger partial charge on any atom is 0.191 e. The van der Waals surface area contributed by atoms with Crippen LogP contribution in [0.5, 0.6) is 0 Å². The van der Waals surface area contributed by atoms with Crippen molar-refractivity contribution in [3.63, 3.8) is 0 Å². The van der Waals surface area contributed by atoms with E-state index in [0.717, 1.165) is 35.8 Å². The number of likely N-dealkylation sites (tertiary alicyclic amines) is 1. The molecule has 0 amide bonds. The number of guanidine groups is 1. The van der Waals surface area contributed by atoms with Gasteiger partial charge in [-0.25, -0.2) is 4.98 Å². The van der Waals surface area contributed by atoms with Gasteiger partial charge in [0.15, 0.2) is 5.96 Å². The summed E-state index contributed by atoms with van der Waals surface area (Å²) in [7, 11) is 1.83. The van der Waals surface area contributed by atoms with Gasteiger partial charge in [0.05, 0.1) is 6.54 Å². The molecule has 2 fully saturated rings. The Morgan fingerprint density at radius 3 is 2.82 bits per heavy atom. The van der Waals surface area contributed by atoms with Crippen molar-refractivity contribution in [1.82, 2.24) is 20.5 Å². The molecule has 2 unspecified atom stereocenters. The van der Waals surface area contributed by atoms with Crippen LogP contribution in [0.4, 0.5) is 0 Å². The summed E-state index contributed by atoms with van der Waals surface area (Å²) in [5.74, 6) is 1.56. The molecule has 5 nitrogen and oxygen atoms in total. The number of hydrogen-bond donors (Lipinski definition) is 2. The van der Waals surface area contributed by atoms with E-state index in [2.05, 4.69) is 37.8 Å². The lowest BCUT2D eigenvalue weighted by Crippen LogP contribution is -2.46. The lowest BCUT2D eigenvalue weighted by atomic mass is 10.1. The average molecular weight is 435 g/mol. The monoisotopic (exact) mass is 435 g/mol. The molecule has 3 rings (SSSR count). The third-order valence-electron chi connectivity index (χ3n) is 4.32. The molecule has 2 aliphatic rings. The van der Waals surface area contributed by atoms with Crippen molar-refractivity contribution in [2.45, 2.75) is 45.3 Å². The maximum absolute atomic E-state index is 4.47. The van der Waals surface area contributed by atoms with Crippen molar-refractivity contribution in [1.29, 1.82) is 0 Å². The van der Waals surface area contributed by atoms with Gasteiger partial charge >= 0.3 is 0 Å². The second kappa shape index (κ2) is 7.92. The Bertz CT molecular complexity index is 514. The first-order chi connectivity index (χ1) is 10.2. The smallest absolute Gasteiger partial charge is 0.191 e. The van der Waals surface area contributed by atoms with E-state index in [4.69, 9.17) is 0 Å². The fourth-order valence-electron chi connectivity index (χ4n) is 2.94. The summed E-state index contributed by atoms with van der Waals surface area (Å²) < 4.78 is 0. The highest BCUT2D eigenvalue weighted by Crippen LogP contribution is 2.31. The van der Waals surface area contributed by atoms with Crippen LogP contribution < -0.4 is 10.6 Å². The molecule has 1 saturated carbocycles. The fraction of sp³-hybridized carbons (Fsp3) is 0.733. The van der Waals surface area contributed by atoms with Gasteiger partial charge in [-0.2, -0.15) is 0 Å². The molecule has 1 aromatic rings. The molecule has 1 saturated heterocycles. The number of hydrogen-bond acceptors (Lipinski definition) is 4. The number of aryl methyl sites for hydroxylation is 1. The molecular formula is C15H26IN5S. The highest BCUT2D eigenvalue weighted by Gasteiger charge is 2.38. The van der Waals surface area contributed by atoms with Crippen molar-refractivity contribution in [2.75, 3.05) is 20.1 Å². The van der Waals surface area contributed by atoms with E-state index in [9.17, 15) is 0 Å². The van der Waals surface area contributed by atoms with Crippen molar-refractivity contribution in [3.8, 4) is 0 Å². The molecule has 0 bridgehead atoms. The molecule has 7 heteroatoms. The number of nitrogens with one attached hydrogen (secondary N) is 2. The first-order valence-corrected chi connectivity index (χ1v) is 8.66.